The third-order valence-corrected chi connectivity index (χ3v) is 3.84. The van der Waals surface area contributed by atoms with Gasteiger partial charge in [-0.2, -0.15) is 0 Å². The highest BCUT2D eigenvalue weighted by atomic mass is 19.1. The zero-order chi connectivity index (χ0) is 16.2. The average Bonchev–Trinajstić information content (AvgIpc) is 2.57. The molecule has 1 aliphatic rings. The first kappa shape index (κ1) is 15.4. The summed E-state index contributed by atoms with van der Waals surface area (Å²) in [5.41, 5.74) is -0.0163. The van der Waals surface area contributed by atoms with E-state index in [-0.39, 0.29) is 5.56 Å². The predicted molar refractivity (Wildman–Crippen MR) is 86.1 cm³/mol. The fourth-order valence-electron chi connectivity index (χ4n) is 2.43. The second-order valence-corrected chi connectivity index (χ2v) is 5.50. The van der Waals surface area contributed by atoms with Gasteiger partial charge in [-0.1, -0.05) is 12.1 Å². The van der Waals surface area contributed by atoms with Crippen molar-refractivity contribution in [1.29, 1.82) is 0 Å². The summed E-state index contributed by atoms with van der Waals surface area (Å²) in [7, 11) is 2.09. The molecular weight excluding hydrogens is 297 g/mol. The van der Waals surface area contributed by atoms with Crippen LogP contribution in [0.1, 0.15) is 10.4 Å². The van der Waals surface area contributed by atoms with E-state index in [1.165, 1.54) is 18.2 Å². The van der Waals surface area contributed by atoms with Crippen LogP contribution in [0.25, 0.3) is 0 Å². The molecule has 2 aromatic rings. The number of carbonyl (C=O) groups is 1. The van der Waals surface area contributed by atoms with Gasteiger partial charge in [0.1, 0.15) is 5.82 Å². The minimum absolute atomic E-state index is 0.0163. The molecule has 0 radical (unpaired) electrons. The van der Waals surface area contributed by atoms with Crippen molar-refractivity contribution in [1.82, 2.24) is 15.1 Å². The number of benzene rings is 1. The number of hydrogen-bond donors (Lipinski definition) is 1. The molecule has 1 N–H and O–H groups in total. The molecule has 120 valence electrons. The van der Waals surface area contributed by atoms with E-state index in [2.05, 4.69) is 32.4 Å². The summed E-state index contributed by atoms with van der Waals surface area (Å²) >= 11 is 0. The van der Waals surface area contributed by atoms with Crippen LogP contribution in [0, 0.1) is 5.82 Å². The molecule has 1 amide bonds. The van der Waals surface area contributed by atoms with Crippen LogP contribution >= 0.6 is 0 Å². The molecule has 2 heterocycles. The minimum atomic E-state index is -0.563. The van der Waals surface area contributed by atoms with E-state index in [1.54, 1.807) is 12.1 Å². The van der Waals surface area contributed by atoms with Gasteiger partial charge in [0.05, 0.1) is 5.56 Å². The SMILES string of the molecule is CN1CCN(c2ccc(NC(=O)c3ccccc3F)nn2)CC1. The van der Waals surface area contributed by atoms with Crippen LogP contribution in [-0.2, 0) is 0 Å². The third-order valence-electron chi connectivity index (χ3n) is 3.84. The molecule has 1 saturated heterocycles. The van der Waals surface area contributed by atoms with Gasteiger partial charge in [-0.15, -0.1) is 10.2 Å². The fourth-order valence-corrected chi connectivity index (χ4v) is 2.43. The molecule has 1 aromatic heterocycles. The maximum absolute atomic E-state index is 13.6. The molecule has 1 aliphatic heterocycles. The molecule has 1 aromatic carbocycles. The van der Waals surface area contributed by atoms with Crippen LogP contribution in [0.15, 0.2) is 36.4 Å². The Morgan fingerprint density at radius 2 is 1.83 bits per heavy atom. The van der Waals surface area contributed by atoms with E-state index in [0.717, 1.165) is 32.0 Å². The highest BCUT2D eigenvalue weighted by Gasteiger charge is 2.16. The molecule has 0 spiro atoms. The number of amides is 1. The highest BCUT2D eigenvalue weighted by molar-refractivity contribution is 6.03. The lowest BCUT2D eigenvalue weighted by Crippen LogP contribution is -2.44. The highest BCUT2D eigenvalue weighted by Crippen LogP contribution is 2.15. The first-order valence-electron chi connectivity index (χ1n) is 7.46. The van der Waals surface area contributed by atoms with Crippen molar-refractivity contribution in [3.63, 3.8) is 0 Å². The fraction of sp³-hybridized carbons (Fsp3) is 0.312. The van der Waals surface area contributed by atoms with Gasteiger partial charge in [-0.25, -0.2) is 4.39 Å². The molecule has 0 saturated carbocycles. The normalized spacial score (nSPS) is 15.5. The zero-order valence-corrected chi connectivity index (χ0v) is 12.9. The number of piperazine rings is 1. The van der Waals surface area contributed by atoms with E-state index in [4.69, 9.17) is 0 Å². The van der Waals surface area contributed by atoms with Gasteiger partial charge in [0.15, 0.2) is 11.6 Å². The summed E-state index contributed by atoms with van der Waals surface area (Å²) < 4.78 is 13.6. The second kappa shape index (κ2) is 6.70. The Hall–Kier alpha value is -2.54. The van der Waals surface area contributed by atoms with Crippen molar-refractivity contribution in [3.8, 4) is 0 Å². The summed E-state index contributed by atoms with van der Waals surface area (Å²) in [6.07, 6.45) is 0. The lowest BCUT2D eigenvalue weighted by Gasteiger charge is -2.32. The van der Waals surface area contributed by atoms with Crippen LogP contribution in [-0.4, -0.2) is 54.2 Å². The molecule has 0 aliphatic carbocycles. The number of halogens is 1. The summed E-state index contributed by atoms with van der Waals surface area (Å²) in [4.78, 5) is 16.4. The van der Waals surface area contributed by atoms with Gasteiger partial charge in [0, 0.05) is 26.2 Å². The number of nitrogens with zero attached hydrogens (tertiary/aromatic N) is 4. The Labute approximate surface area is 133 Å². The maximum Gasteiger partial charge on any atom is 0.259 e. The van der Waals surface area contributed by atoms with E-state index < -0.39 is 11.7 Å². The van der Waals surface area contributed by atoms with Crippen LogP contribution in [0.2, 0.25) is 0 Å². The Kier molecular flexibility index (Phi) is 4.47. The molecule has 1 fully saturated rings. The average molecular weight is 315 g/mol. The van der Waals surface area contributed by atoms with E-state index >= 15 is 0 Å². The molecule has 0 bridgehead atoms. The largest absolute Gasteiger partial charge is 0.353 e. The Morgan fingerprint density at radius 1 is 1.09 bits per heavy atom. The first-order chi connectivity index (χ1) is 11.1. The predicted octanol–water partition coefficient (Wildman–Crippen LogP) is 1.62. The first-order valence-corrected chi connectivity index (χ1v) is 7.46. The maximum atomic E-state index is 13.6. The summed E-state index contributed by atoms with van der Waals surface area (Å²) in [6.45, 7) is 3.75. The van der Waals surface area contributed by atoms with Gasteiger partial charge in [0.2, 0.25) is 0 Å². The molecule has 0 atom stereocenters. The number of anilines is 2. The zero-order valence-electron chi connectivity index (χ0n) is 12.9. The van der Waals surface area contributed by atoms with Crippen molar-refractivity contribution in [2.45, 2.75) is 0 Å². The van der Waals surface area contributed by atoms with Gasteiger partial charge >= 0.3 is 0 Å². The molecule has 3 rings (SSSR count). The van der Waals surface area contributed by atoms with Crippen molar-refractivity contribution in [3.05, 3.63) is 47.8 Å². The van der Waals surface area contributed by atoms with Crippen molar-refractivity contribution in [2.24, 2.45) is 0 Å². The number of likely N-dealkylation sites (N-methyl/N-ethyl adjacent to an activating group) is 1. The standard InChI is InChI=1S/C16H18FN5O/c1-21-8-10-22(11-9-21)15-7-6-14(19-20-15)18-16(23)12-4-2-3-5-13(12)17/h2-7H,8-11H2,1H3,(H,18,19,23). The van der Waals surface area contributed by atoms with E-state index in [1.807, 2.05) is 6.07 Å². The second-order valence-electron chi connectivity index (χ2n) is 5.50. The summed E-state index contributed by atoms with van der Waals surface area (Å²) in [5, 5.41) is 10.7. The summed E-state index contributed by atoms with van der Waals surface area (Å²) in [5.74, 6) is -0.0186. The van der Waals surface area contributed by atoms with Crippen LogP contribution in [0.3, 0.4) is 0 Å². The number of nitrogens with one attached hydrogen (secondary N) is 1. The van der Waals surface area contributed by atoms with Gasteiger partial charge < -0.3 is 15.1 Å². The van der Waals surface area contributed by atoms with Gasteiger partial charge in [0.25, 0.3) is 5.91 Å². The number of aromatic nitrogens is 2. The monoisotopic (exact) mass is 315 g/mol. The smallest absolute Gasteiger partial charge is 0.259 e. The van der Waals surface area contributed by atoms with Crippen LogP contribution in [0.4, 0.5) is 16.0 Å². The number of rotatable bonds is 3. The Bertz CT molecular complexity index is 683. The number of carbonyl (C=O) groups excluding carboxylic acids is 1. The molecule has 23 heavy (non-hydrogen) atoms. The van der Waals surface area contributed by atoms with Gasteiger partial charge in [-0.3, -0.25) is 4.79 Å². The minimum Gasteiger partial charge on any atom is -0.353 e. The van der Waals surface area contributed by atoms with Crippen molar-refractivity contribution in [2.75, 3.05) is 43.4 Å². The van der Waals surface area contributed by atoms with Crippen LogP contribution < -0.4 is 10.2 Å². The van der Waals surface area contributed by atoms with E-state index in [0.29, 0.717) is 5.82 Å². The van der Waals surface area contributed by atoms with Crippen LogP contribution in [0.5, 0.6) is 0 Å². The molecule has 6 nitrogen and oxygen atoms in total. The molecular formula is C16H18FN5O. The van der Waals surface area contributed by atoms with E-state index in [9.17, 15) is 9.18 Å². The summed E-state index contributed by atoms with van der Waals surface area (Å²) in [6, 6.07) is 9.32. The van der Waals surface area contributed by atoms with Crippen molar-refractivity contribution >= 4 is 17.5 Å². The number of hydrogen-bond acceptors (Lipinski definition) is 5. The Morgan fingerprint density at radius 3 is 2.48 bits per heavy atom. The molecule has 0 unspecified atom stereocenters. The quantitative estimate of drug-likeness (QED) is 0.932. The lowest BCUT2D eigenvalue weighted by atomic mass is 10.2. The molecule has 7 heteroatoms. The lowest BCUT2D eigenvalue weighted by molar-refractivity contribution is 0.102. The topological polar surface area (TPSA) is 61.4 Å². The van der Waals surface area contributed by atoms with Gasteiger partial charge in [-0.05, 0) is 31.3 Å². The van der Waals surface area contributed by atoms with Crippen molar-refractivity contribution < 1.29 is 9.18 Å². The Balaban J connectivity index is 1.66. The third kappa shape index (κ3) is 3.62.